The normalized spacial score (nSPS) is 13.1. The summed E-state index contributed by atoms with van der Waals surface area (Å²) in [5.74, 6) is 0. The first kappa shape index (κ1) is 16.4. The maximum absolute atomic E-state index is 5.80. The fourth-order valence-electron chi connectivity index (χ4n) is 1.31. The average Bonchev–Trinajstić information content (AvgIpc) is 2.06. The van der Waals surface area contributed by atoms with Crippen LogP contribution >= 0.6 is 0 Å². The minimum atomic E-state index is -1.28. The Morgan fingerprint density at radius 2 is 0.875 bits per heavy atom. The monoisotopic (exact) mass is 262 g/mol. The molecule has 0 aliphatic rings. The van der Waals surface area contributed by atoms with Gasteiger partial charge in [0.05, 0.1) is 0 Å². The van der Waals surface area contributed by atoms with E-state index in [0.29, 0.717) is 0 Å². The van der Waals surface area contributed by atoms with Crippen LogP contribution in [-0.2, 0) is 8.85 Å². The lowest BCUT2D eigenvalue weighted by molar-refractivity contribution is 0.281. The van der Waals surface area contributed by atoms with Gasteiger partial charge in [0.2, 0.25) is 0 Å². The molecule has 0 amide bonds. The van der Waals surface area contributed by atoms with Gasteiger partial charge in [-0.1, -0.05) is 12.8 Å². The van der Waals surface area contributed by atoms with Crippen LogP contribution in [0.1, 0.15) is 25.7 Å². The number of unbranched alkanes of at least 4 members (excludes halogenated alkanes) is 3. The Balaban J connectivity index is 3.17. The SMILES string of the molecule is C[Si](C)(C)OCCCCCCO[Si](C)(C)C. The molecule has 0 saturated heterocycles. The predicted octanol–water partition coefficient (Wildman–Crippen LogP) is 4.25. The smallest absolute Gasteiger partial charge is 0.183 e. The quantitative estimate of drug-likeness (QED) is 0.457. The Bertz CT molecular complexity index is 151. The molecule has 0 aromatic rings. The van der Waals surface area contributed by atoms with E-state index in [1.165, 1.54) is 25.7 Å². The Morgan fingerprint density at radius 3 is 1.12 bits per heavy atom. The van der Waals surface area contributed by atoms with Crippen LogP contribution in [0.3, 0.4) is 0 Å². The molecule has 0 aromatic heterocycles. The lowest BCUT2D eigenvalue weighted by Gasteiger charge is -2.18. The lowest BCUT2D eigenvalue weighted by Crippen LogP contribution is -2.26. The molecule has 0 spiro atoms. The van der Waals surface area contributed by atoms with E-state index in [0.717, 1.165) is 13.2 Å². The van der Waals surface area contributed by atoms with Gasteiger partial charge in [0.1, 0.15) is 0 Å². The zero-order chi connectivity index (χ0) is 12.7. The summed E-state index contributed by atoms with van der Waals surface area (Å²) >= 11 is 0. The standard InChI is InChI=1S/C12H30O2Si2/c1-15(2,3)13-11-9-7-8-10-12-14-16(4,5)6/h7-12H2,1-6H3. The van der Waals surface area contributed by atoms with E-state index in [1.807, 2.05) is 0 Å². The Labute approximate surface area is 104 Å². The van der Waals surface area contributed by atoms with E-state index in [2.05, 4.69) is 39.3 Å². The third-order valence-electron chi connectivity index (χ3n) is 2.11. The lowest BCUT2D eigenvalue weighted by atomic mass is 10.2. The van der Waals surface area contributed by atoms with Crippen molar-refractivity contribution in [3.63, 3.8) is 0 Å². The van der Waals surface area contributed by atoms with Gasteiger partial charge < -0.3 is 8.85 Å². The van der Waals surface area contributed by atoms with Crippen LogP contribution < -0.4 is 0 Å². The van der Waals surface area contributed by atoms with E-state index in [-0.39, 0.29) is 0 Å². The highest BCUT2D eigenvalue weighted by Gasteiger charge is 2.14. The highest BCUT2D eigenvalue weighted by atomic mass is 28.4. The minimum Gasteiger partial charge on any atom is -0.418 e. The molecule has 2 nitrogen and oxygen atoms in total. The predicted molar refractivity (Wildman–Crippen MR) is 77.1 cm³/mol. The molecule has 0 bridgehead atoms. The number of rotatable bonds is 9. The summed E-state index contributed by atoms with van der Waals surface area (Å²) in [6.07, 6.45) is 4.97. The van der Waals surface area contributed by atoms with E-state index in [1.54, 1.807) is 0 Å². The van der Waals surface area contributed by atoms with Crippen molar-refractivity contribution in [3.8, 4) is 0 Å². The van der Waals surface area contributed by atoms with Crippen LogP contribution in [0.4, 0.5) is 0 Å². The molecule has 0 fully saturated rings. The average molecular weight is 263 g/mol. The van der Waals surface area contributed by atoms with Crippen LogP contribution in [0.15, 0.2) is 0 Å². The van der Waals surface area contributed by atoms with Crippen LogP contribution in [0.5, 0.6) is 0 Å². The summed E-state index contributed by atoms with van der Waals surface area (Å²) in [4.78, 5) is 0. The fourth-order valence-corrected chi connectivity index (χ4v) is 2.83. The summed E-state index contributed by atoms with van der Waals surface area (Å²) < 4.78 is 11.6. The molecule has 4 heteroatoms. The molecule has 16 heavy (non-hydrogen) atoms. The van der Waals surface area contributed by atoms with Gasteiger partial charge in [-0.3, -0.25) is 0 Å². The van der Waals surface area contributed by atoms with Gasteiger partial charge in [0.15, 0.2) is 16.6 Å². The second-order valence-corrected chi connectivity index (χ2v) is 15.4. The molecule has 0 atom stereocenters. The van der Waals surface area contributed by atoms with Crippen molar-refractivity contribution < 1.29 is 8.85 Å². The van der Waals surface area contributed by atoms with E-state index in [4.69, 9.17) is 8.85 Å². The molecule has 0 aromatic carbocycles. The zero-order valence-electron chi connectivity index (χ0n) is 12.1. The van der Waals surface area contributed by atoms with Crippen molar-refractivity contribution in [1.82, 2.24) is 0 Å². The van der Waals surface area contributed by atoms with Crippen LogP contribution in [0.25, 0.3) is 0 Å². The van der Waals surface area contributed by atoms with Gasteiger partial charge in [-0.2, -0.15) is 0 Å². The topological polar surface area (TPSA) is 18.5 Å². The molecule has 0 unspecified atom stereocenters. The Morgan fingerprint density at radius 1 is 0.562 bits per heavy atom. The second-order valence-electron chi connectivity index (χ2n) is 6.34. The molecular weight excluding hydrogens is 232 g/mol. The third kappa shape index (κ3) is 14.4. The highest BCUT2D eigenvalue weighted by molar-refractivity contribution is 6.70. The Kier molecular flexibility index (Phi) is 7.80. The second kappa shape index (κ2) is 7.64. The molecule has 0 N–H and O–H groups in total. The molecule has 98 valence electrons. The molecule has 0 heterocycles. The molecule has 0 radical (unpaired) electrons. The van der Waals surface area contributed by atoms with Crippen LogP contribution in [-0.4, -0.2) is 29.8 Å². The number of hydrogen-bond acceptors (Lipinski definition) is 2. The van der Waals surface area contributed by atoms with Gasteiger partial charge in [0.25, 0.3) is 0 Å². The maximum Gasteiger partial charge on any atom is 0.183 e. The summed E-state index contributed by atoms with van der Waals surface area (Å²) in [6, 6.07) is 0. The first-order valence-corrected chi connectivity index (χ1v) is 13.3. The van der Waals surface area contributed by atoms with Crippen molar-refractivity contribution in [2.75, 3.05) is 13.2 Å². The summed E-state index contributed by atoms with van der Waals surface area (Å²) in [7, 11) is -2.55. The van der Waals surface area contributed by atoms with Gasteiger partial charge in [-0.25, -0.2) is 0 Å². The van der Waals surface area contributed by atoms with Crippen molar-refractivity contribution in [2.45, 2.75) is 65.0 Å². The minimum absolute atomic E-state index is 0.949. The summed E-state index contributed by atoms with van der Waals surface area (Å²) in [6.45, 7) is 15.4. The molecule has 0 aliphatic carbocycles. The van der Waals surface area contributed by atoms with Gasteiger partial charge >= 0.3 is 0 Å². The number of hydrogen-bond donors (Lipinski definition) is 0. The van der Waals surface area contributed by atoms with Crippen molar-refractivity contribution in [2.24, 2.45) is 0 Å². The van der Waals surface area contributed by atoms with Crippen LogP contribution in [0.2, 0.25) is 39.3 Å². The Hall–Kier alpha value is 0.354. The van der Waals surface area contributed by atoms with Gasteiger partial charge in [-0.15, -0.1) is 0 Å². The first-order chi connectivity index (χ1) is 7.21. The summed E-state index contributed by atoms with van der Waals surface area (Å²) in [5, 5.41) is 0. The zero-order valence-corrected chi connectivity index (χ0v) is 14.1. The third-order valence-corrected chi connectivity index (χ3v) is 4.25. The first-order valence-electron chi connectivity index (χ1n) is 6.49. The van der Waals surface area contributed by atoms with E-state index < -0.39 is 16.6 Å². The molecular formula is C12H30O2Si2. The van der Waals surface area contributed by atoms with E-state index in [9.17, 15) is 0 Å². The van der Waals surface area contributed by atoms with Gasteiger partial charge in [0, 0.05) is 13.2 Å². The molecule has 0 saturated carbocycles. The van der Waals surface area contributed by atoms with Crippen molar-refractivity contribution in [3.05, 3.63) is 0 Å². The summed E-state index contributed by atoms with van der Waals surface area (Å²) in [5.41, 5.74) is 0. The fraction of sp³-hybridized carbons (Fsp3) is 1.00. The van der Waals surface area contributed by atoms with Crippen LogP contribution in [0, 0.1) is 0 Å². The highest BCUT2D eigenvalue weighted by Crippen LogP contribution is 2.08. The van der Waals surface area contributed by atoms with E-state index >= 15 is 0 Å². The van der Waals surface area contributed by atoms with Crippen molar-refractivity contribution >= 4 is 16.6 Å². The van der Waals surface area contributed by atoms with Crippen molar-refractivity contribution in [1.29, 1.82) is 0 Å². The van der Waals surface area contributed by atoms with Gasteiger partial charge in [-0.05, 0) is 52.1 Å². The molecule has 0 rings (SSSR count). The maximum atomic E-state index is 5.80. The molecule has 0 aliphatic heterocycles. The largest absolute Gasteiger partial charge is 0.418 e.